The lowest BCUT2D eigenvalue weighted by Crippen LogP contribution is -2.35. The third-order valence-electron chi connectivity index (χ3n) is 3.64. The number of fused-ring (bicyclic) bond motifs is 1. The van der Waals surface area contributed by atoms with Crippen molar-refractivity contribution < 1.29 is 18.7 Å². The van der Waals surface area contributed by atoms with E-state index in [0.29, 0.717) is 5.69 Å². The maximum absolute atomic E-state index is 13.0. The smallest absolute Gasteiger partial charge is 0.265 e. The number of nitrogens with zero attached hydrogens (tertiary/aromatic N) is 2. The molecule has 7 heteroatoms. The average Bonchev–Trinajstić information content (AvgIpc) is 2.57. The van der Waals surface area contributed by atoms with Crippen LogP contribution in [0.1, 0.15) is 28.9 Å². The van der Waals surface area contributed by atoms with Crippen molar-refractivity contribution in [3.63, 3.8) is 0 Å². The van der Waals surface area contributed by atoms with Crippen LogP contribution in [0.4, 0.5) is 10.1 Å². The number of hydrogen-bond acceptors (Lipinski definition) is 5. The molecule has 2 atom stereocenters. The Morgan fingerprint density at radius 3 is 2.88 bits per heavy atom. The number of para-hydroxylation sites is 1. The van der Waals surface area contributed by atoms with Gasteiger partial charge in [0.15, 0.2) is 23.6 Å². The Labute approximate surface area is 136 Å². The largest absolute Gasteiger partial charge is 0.478 e. The number of pyridine rings is 1. The molecule has 24 heavy (non-hydrogen) atoms. The Kier molecular flexibility index (Phi) is 3.96. The fourth-order valence-corrected chi connectivity index (χ4v) is 2.39. The number of halogens is 1. The maximum Gasteiger partial charge on any atom is 0.265 e. The molecule has 1 N–H and O–H groups in total. The molecule has 0 unspecified atom stereocenters. The number of amides is 1. The standard InChI is InChI=1S/C17H12FN3O3/c1-9-17(23)21-14-4-2-3-11(16(14)24-9)15(22)12(7-19)13-6-5-10(18)8-20-13/h2-6,8-9,12H,1H3,(H,21,23)/t9-,12-/m0/s1. The molecule has 1 aliphatic heterocycles. The van der Waals surface area contributed by atoms with Gasteiger partial charge in [0.25, 0.3) is 5.91 Å². The molecule has 1 aliphatic rings. The van der Waals surface area contributed by atoms with E-state index in [1.54, 1.807) is 19.1 Å². The van der Waals surface area contributed by atoms with E-state index in [4.69, 9.17) is 4.74 Å². The van der Waals surface area contributed by atoms with E-state index in [0.717, 1.165) is 12.3 Å². The number of nitriles is 1. The van der Waals surface area contributed by atoms with E-state index in [2.05, 4.69) is 10.3 Å². The lowest BCUT2D eigenvalue weighted by atomic mass is 9.94. The van der Waals surface area contributed by atoms with Gasteiger partial charge < -0.3 is 10.1 Å². The van der Waals surface area contributed by atoms with Gasteiger partial charge >= 0.3 is 0 Å². The van der Waals surface area contributed by atoms with E-state index in [9.17, 15) is 19.2 Å². The zero-order valence-electron chi connectivity index (χ0n) is 12.6. The van der Waals surface area contributed by atoms with Gasteiger partial charge in [-0.25, -0.2) is 4.39 Å². The summed E-state index contributed by atoms with van der Waals surface area (Å²) in [7, 11) is 0. The van der Waals surface area contributed by atoms with E-state index in [1.165, 1.54) is 12.1 Å². The summed E-state index contributed by atoms with van der Waals surface area (Å²) in [6.45, 7) is 1.56. The van der Waals surface area contributed by atoms with Crippen LogP contribution < -0.4 is 10.1 Å². The van der Waals surface area contributed by atoms with Crippen molar-refractivity contribution in [1.29, 1.82) is 5.26 Å². The minimum Gasteiger partial charge on any atom is -0.478 e. The SMILES string of the molecule is C[C@@H]1Oc2c(cccc2C(=O)[C@@H](C#N)c2ccc(F)cn2)NC1=O. The molecule has 120 valence electrons. The molecule has 0 saturated heterocycles. The number of ketones is 1. The molecular weight excluding hydrogens is 313 g/mol. The van der Waals surface area contributed by atoms with Gasteiger partial charge in [0.1, 0.15) is 5.82 Å². The molecule has 2 aromatic rings. The van der Waals surface area contributed by atoms with Crippen molar-refractivity contribution in [2.75, 3.05) is 5.32 Å². The highest BCUT2D eigenvalue weighted by molar-refractivity contribution is 6.08. The van der Waals surface area contributed by atoms with Crippen LogP contribution >= 0.6 is 0 Å². The van der Waals surface area contributed by atoms with Crippen molar-refractivity contribution in [2.24, 2.45) is 0 Å². The zero-order chi connectivity index (χ0) is 17.3. The van der Waals surface area contributed by atoms with Gasteiger partial charge in [0.2, 0.25) is 0 Å². The summed E-state index contributed by atoms with van der Waals surface area (Å²) in [5, 5.41) is 12.0. The van der Waals surface area contributed by atoms with Crippen LogP contribution in [0.5, 0.6) is 5.75 Å². The molecule has 6 nitrogen and oxygen atoms in total. The summed E-state index contributed by atoms with van der Waals surface area (Å²) in [6, 6.07) is 9.02. The summed E-state index contributed by atoms with van der Waals surface area (Å²) in [6.07, 6.45) is 0.197. The van der Waals surface area contributed by atoms with Gasteiger partial charge in [-0.1, -0.05) is 6.07 Å². The third-order valence-corrected chi connectivity index (χ3v) is 3.64. The highest BCUT2D eigenvalue weighted by Crippen LogP contribution is 2.35. The number of aromatic nitrogens is 1. The lowest BCUT2D eigenvalue weighted by Gasteiger charge is -2.25. The third kappa shape index (κ3) is 2.70. The topological polar surface area (TPSA) is 92.1 Å². The molecule has 0 fully saturated rings. The molecule has 3 rings (SSSR count). The van der Waals surface area contributed by atoms with Gasteiger partial charge in [0, 0.05) is 0 Å². The Bertz CT molecular complexity index is 858. The summed E-state index contributed by atoms with van der Waals surface area (Å²) in [4.78, 5) is 28.2. The minimum atomic E-state index is -1.20. The molecule has 1 aromatic carbocycles. The Balaban J connectivity index is 2.01. The maximum atomic E-state index is 13.0. The average molecular weight is 325 g/mol. The summed E-state index contributed by atoms with van der Waals surface area (Å²) in [5.74, 6) is -2.38. The number of benzene rings is 1. The summed E-state index contributed by atoms with van der Waals surface area (Å²) >= 11 is 0. The van der Waals surface area contributed by atoms with Crippen LogP contribution in [0.15, 0.2) is 36.5 Å². The van der Waals surface area contributed by atoms with Gasteiger partial charge in [-0.15, -0.1) is 0 Å². The summed E-state index contributed by atoms with van der Waals surface area (Å²) in [5.41, 5.74) is 0.680. The number of anilines is 1. The molecule has 0 aliphatic carbocycles. The first-order chi connectivity index (χ1) is 11.5. The highest BCUT2D eigenvalue weighted by atomic mass is 19.1. The number of hydrogen-bond donors (Lipinski definition) is 1. The highest BCUT2D eigenvalue weighted by Gasteiger charge is 2.31. The molecule has 0 spiro atoms. The Hall–Kier alpha value is -3.27. The van der Waals surface area contributed by atoms with Crippen molar-refractivity contribution in [1.82, 2.24) is 4.98 Å². The summed E-state index contributed by atoms with van der Waals surface area (Å²) < 4.78 is 18.5. The Morgan fingerprint density at radius 1 is 1.42 bits per heavy atom. The van der Waals surface area contributed by atoms with Crippen LogP contribution in [-0.4, -0.2) is 22.8 Å². The predicted octanol–water partition coefficient (Wildman–Crippen LogP) is 2.43. The molecule has 0 saturated carbocycles. The van der Waals surface area contributed by atoms with Crippen molar-refractivity contribution in [2.45, 2.75) is 18.9 Å². The number of carbonyl (C=O) groups is 2. The number of carbonyl (C=O) groups excluding carboxylic acids is 2. The quantitative estimate of drug-likeness (QED) is 0.875. The second-order valence-electron chi connectivity index (χ2n) is 5.26. The van der Waals surface area contributed by atoms with E-state index in [-0.39, 0.29) is 22.9 Å². The van der Waals surface area contributed by atoms with Gasteiger partial charge in [-0.2, -0.15) is 5.26 Å². The number of ether oxygens (including phenoxy) is 1. The molecular formula is C17H12FN3O3. The van der Waals surface area contributed by atoms with Crippen molar-refractivity contribution in [3.8, 4) is 11.8 Å². The van der Waals surface area contributed by atoms with Gasteiger partial charge in [0.05, 0.1) is 29.2 Å². The Morgan fingerprint density at radius 2 is 2.21 bits per heavy atom. The molecule has 1 amide bonds. The molecule has 1 aromatic heterocycles. The predicted molar refractivity (Wildman–Crippen MR) is 82.0 cm³/mol. The van der Waals surface area contributed by atoms with Crippen LogP contribution in [0.3, 0.4) is 0 Å². The van der Waals surface area contributed by atoms with Crippen molar-refractivity contribution in [3.05, 3.63) is 53.6 Å². The fraction of sp³-hybridized carbons (Fsp3) is 0.176. The van der Waals surface area contributed by atoms with Gasteiger partial charge in [-0.05, 0) is 31.2 Å². The van der Waals surface area contributed by atoms with E-state index >= 15 is 0 Å². The number of Topliss-reactive ketones (excluding diaryl/α,β-unsaturated/α-hetero) is 1. The number of nitrogens with one attached hydrogen (secondary N) is 1. The first-order valence-corrected chi connectivity index (χ1v) is 7.17. The van der Waals surface area contributed by atoms with Crippen molar-refractivity contribution >= 4 is 17.4 Å². The zero-order valence-corrected chi connectivity index (χ0v) is 12.6. The van der Waals surface area contributed by atoms with Crippen LogP contribution in [0.2, 0.25) is 0 Å². The first kappa shape index (κ1) is 15.6. The molecule has 0 bridgehead atoms. The van der Waals surface area contributed by atoms with Crippen LogP contribution in [0.25, 0.3) is 0 Å². The first-order valence-electron chi connectivity index (χ1n) is 7.17. The number of rotatable bonds is 3. The monoisotopic (exact) mass is 325 g/mol. The molecule has 2 heterocycles. The molecule has 0 radical (unpaired) electrons. The van der Waals surface area contributed by atoms with E-state index in [1.807, 2.05) is 6.07 Å². The lowest BCUT2D eigenvalue weighted by molar-refractivity contribution is -0.122. The van der Waals surface area contributed by atoms with Crippen LogP contribution in [0, 0.1) is 17.1 Å². The van der Waals surface area contributed by atoms with Crippen LogP contribution in [-0.2, 0) is 4.79 Å². The normalized spacial score (nSPS) is 17.0. The minimum absolute atomic E-state index is 0.148. The van der Waals surface area contributed by atoms with Gasteiger partial charge in [-0.3, -0.25) is 14.6 Å². The second-order valence-corrected chi connectivity index (χ2v) is 5.26. The van der Waals surface area contributed by atoms with E-state index < -0.39 is 23.6 Å². The fourth-order valence-electron chi connectivity index (χ4n) is 2.39. The second kappa shape index (κ2) is 6.08.